The quantitative estimate of drug-likeness (QED) is 0.398. The lowest BCUT2D eigenvalue weighted by atomic mass is 10.2. The third-order valence-corrected chi connectivity index (χ3v) is 4.85. The molecule has 0 aliphatic heterocycles. The second-order valence-corrected chi connectivity index (χ2v) is 6.76. The summed E-state index contributed by atoms with van der Waals surface area (Å²) < 4.78 is 5.15. The number of amides is 1. The molecule has 1 amide bonds. The third kappa shape index (κ3) is 6.44. The molecule has 132 valence electrons. The van der Waals surface area contributed by atoms with Gasteiger partial charge in [-0.25, -0.2) is 4.79 Å². The van der Waals surface area contributed by atoms with Crippen molar-refractivity contribution in [1.82, 2.24) is 0 Å². The van der Waals surface area contributed by atoms with Crippen LogP contribution in [0, 0.1) is 0 Å². The first-order chi connectivity index (χ1) is 12.1. The zero-order valence-corrected chi connectivity index (χ0v) is 15.5. The molecule has 1 N–H and O–H groups in total. The SMILES string of the molecule is CCCCOC(=O)c1ccc(NC(=O)CSc2ccccc2Cl)cc1. The maximum Gasteiger partial charge on any atom is 0.338 e. The summed E-state index contributed by atoms with van der Waals surface area (Å²) in [6, 6.07) is 14.1. The number of hydrogen-bond donors (Lipinski definition) is 1. The van der Waals surface area contributed by atoms with Crippen molar-refractivity contribution in [2.75, 3.05) is 17.7 Å². The van der Waals surface area contributed by atoms with E-state index in [1.165, 1.54) is 11.8 Å². The fourth-order valence-corrected chi connectivity index (χ4v) is 3.02. The van der Waals surface area contributed by atoms with Gasteiger partial charge in [0.1, 0.15) is 0 Å². The Bertz CT molecular complexity index is 719. The van der Waals surface area contributed by atoms with Crippen molar-refractivity contribution in [3.8, 4) is 0 Å². The molecular weight excluding hydrogens is 358 g/mol. The summed E-state index contributed by atoms with van der Waals surface area (Å²) in [5.74, 6) is -0.228. The van der Waals surface area contributed by atoms with E-state index in [-0.39, 0.29) is 17.6 Å². The van der Waals surface area contributed by atoms with Gasteiger partial charge in [-0.15, -0.1) is 11.8 Å². The summed E-state index contributed by atoms with van der Waals surface area (Å²) >= 11 is 7.44. The van der Waals surface area contributed by atoms with Crippen molar-refractivity contribution in [3.63, 3.8) is 0 Å². The first-order valence-corrected chi connectivity index (χ1v) is 9.41. The summed E-state index contributed by atoms with van der Waals surface area (Å²) in [6.07, 6.45) is 1.83. The van der Waals surface area contributed by atoms with Gasteiger partial charge in [0.2, 0.25) is 5.91 Å². The van der Waals surface area contributed by atoms with E-state index >= 15 is 0 Å². The van der Waals surface area contributed by atoms with Gasteiger partial charge in [-0.05, 0) is 42.8 Å². The number of nitrogens with one attached hydrogen (secondary N) is 1. The van der Waals surface area contributed by atoms with Gasteiger partial charge >= 0.3 is 5.97 Å². The van der Waals surface area contributed by atoms with Gasteiger partial charge in [-0.3, -0.25) is 4.79 Å². The predicted octanol–water partition coefficient (Wildman–Crippen LogP) is 5.03. The van der Waals surface area contributed by atoms with Crippen molar-refractivity contribution in [2.45, 2.75) is 24.7 Å². The Hall–Kier alpha value is -1.98. The fraction of sp³-hybridized carbons (Fsp3) is 0.263. The highest BCUT2D eigenvalue weighted by molar-refractivity contribution is 8.00. The number of unbranched alkanes of at least 4 members (excludes halogenated alkanes) is 1. The molecule has 0 saturated carbocycles. The first-order valence-electron chi connectivity index (χ1n) is 8.04. The lowest BCUT2D eigenvalue weighted by molar-refractivity contribution is -0.113. The van der Waals surface area contributed by atoms with Gasteiger partial charge in [0, 0.05) is 10.6 Å². The number of carbonyl (C=O) groups is 2. The molecule has 0 aliphatic carbocycles. The zero-order valence-electron chi connectivity index (χ0n) is 14.0. The van der Waals surface area contributed by atoms with E-state index in [4.69, 9.17) is 16.3 Å². The molecule has 0 unspecified atom stereocenters. The Labute approximate surface area is 156 Å². The van der Waals surface area contributed by atoms with E-state index in [0.29, 0.717) is 22.9 Å². The summed E-state index contributed by atoms with van der Waals surface area (Å²) in [5, 5.41) is 3.43. The summed E-state index contributed by atoms with van der Waals surface area (Å²) in [7, 11) is 0. The molecule has 4 nitrogen and oxygen atoms in total. The zero-order chi connectivity index (χ0) is 18.1. The van der Waals surface area contributed by atoms with E-state index < -0.39 is 0 Å². The van der Waals surface area contributed by atoms with E-state index in [1.54, 1.807) is 30.3 Å². The molecule has 2 aromatic carbocycles. The van der Waals surface area contributed by atoms with E-state index in [2.05, 4.69) is 5.32 Å². The van der Waals surface area contributed by atoms with Crippen LogP contribution in [0.2, 0.25) is 5.02 Å². The number of esters is 1. The van der Waals surface area contributed by atoms with Gasteiger partial charge in [0.05, 0.1) is 22.9 Å². The molecule has 0 atom stereocenters. The highest BCUT2D eigenvalue weighted by atomic mass is 35.5. The molecule has 25 heavy (non-hydrogen) atoms. The highest BCUT2D eigenvalue weighted by Crippen LogP contribution is 2.26. The molecular formula is C19H20ClNO3S. The molecule has 0 spiro atoms. The summed E-state index contributed by atoms with van der Waals surface area (Å²) in [5.41, 5.74) is 1.11. The third-order valence-electron chi connectivity index (χ3n) is 3.33. The van der Waals surface area contributed by atoms with Crippen LogP contribution in [0.15, 0.2) is 53.4 Å². The van der Waals surface area contributed by atoms with E-state index in [1.807, 2.05) is 25.1 Å². The van der Waals surface area contributed by atoms with Crippen LogP contribution in [0.4, 0.5) is 5.69 Å². The molecule has 0 bridgehead atoms. The standard InChI is InChI=1S/C19H20ClNO3S/c1-2-3-12-24-19(23)14-8-10-15(11-9-14)21-18(22)13-25-17-7-5-4-6-16(17)20/h4-11H,2-3,12-13H2,1H3,(H,21,22). The molecule has 0 radical (unpaired) electrons. The maximum atomic E-state index is 12.0. The molecule has 0 heterocycles. The minimum atomic E-state index is -0.347. The smallest absolute Gasteiger partial charge is 0.338 e. The minimum absolute atomic E-state index is 0.136. The number of anilines is 1. The number of benzene rings is 2. The van der Waals surface area contributed by atoms with Crippen molar-refractivity contribution in [2.24, 2.45) is 0 Å². The van der Waals surface area contributed by atoms with E-state index in [0.717, 1.165) is 17.7 Å². The van der Waals surface area contributed by atoms with Crippen LogP contribution in [0.5, 0.6) is 0 Å². The van der Waals surface area contributed by atoms with Crippen molar-refractivity contribution in [1.29, 1.82) is 0 Å². The van der Waals surface area contributed by atoms with Gasteiger partial charge in [0.15, 0.2) is 0 Å². The Balaban J connectivity index is 1.83. The normalized spacial score (nSPS) is 10.3. The van der Waals surface area contributed by atoms with Crippen LogP contribution in [0.1, 0.15) is 30.1 Å². The fourth-order valence-electron chi connectivity index (χ4n) is 1.98. The maximum absolute atomic E-state index is 12.0. The second-order valence-electron chi connectivity index (χ2n) is 5.33. The largest absolute Gasteiger partial charge is 0.462 e. The van der Waals surface area contributed by atoms with Crippen LogP contribution in [0.25, 0.3) is 0 Å². The Kier molecular flexibility index (Phi) is 7.82. The van der Waals surface area contributed by atoms with Gasteiger partial charge < -0.3 is 10.1 Å². The Morgan fingerprint density at radius 1 is 1.12 bits per heavy atom. The molecule has 0 aliphatic rings. The second kappa shape index (κ2) is 10.1. The van der Waals surface area contributed by atoms with Crippen LogP contribution in [-0.2, 0) is 9.53 Å². The highest BCUT2D eigenvalue weighted by Gasteiger charge is 2.09. The lowest BCUT2D eigenvalue weighted by Gasteiger charge is -2.07. The topological polar surface area (TPSA) is 55.4 Å². The molecule has 2 aromatic rings. The number of carbonyl (C=O) groups excluding carboxylic acids is 2. The molecule has 0 saturated heterocycles. The monoisotopic (exact) mass is 377 g/mol. The number of halogens is 1. The first kappa shape index (κ1) is 19.3. The van der Waals surface area contributed by atoms with Crippen LogP contribution < -0.4 is 5.32 Å². The molecule has 6 heteroatoms. The average Bonchev–Trinajstić information content (AvgIpc) is 2.62. The lowest BCUT2D eigenvalue weighted by Crippen LogP contribution is -2.14. The summed E-state index contributed by atoms with van der Waals surface area (Å²) in [4.78, 5) is 24.7. The predicted molar refractivity (Wildman–Crippen MR) is 102 cm³/mol. The average molecular weight is 378 g/mol. The minimum Gasteiger partial charge on any atom is -0.462 e. The summed E-state index contributed by atoms with van der Waals surface area (Å²) in [6.45, 7) is 2.46. The van der Waals surface area contributed by atoms with Crippen molar-refractivity contribution >= 4 is 40.9 Å². The number of hydrogen-bond acceptors (Lipinski definition) is 4. The van der Waals surface area contributed by atoms with Crippen LogP contribution in [-0.4, -0.2) is 24.2 Å². The molecule has 0 fully saturated rings. The van der Waals surface area contributed by atoms with Gasteiger partial charge in [0.25, 0.3) is 0 Å². The number of ether oxygens (including phenoxy) is 1. The number of thioether (sulfide) groups is 1. The van der Waals surface area contributed by atoms with Crippen molar-refractivity contribution < 1.29 is 14.3 Å². The van der Waals surface area contributed by atoms with Crippen LogP contribution in [0.3, 0.4) is 0 Å². The number of rotatable bonds is 8. The molecule has 2 rings (SSSR count). The van der Waals surface area contributed by atoms with E-state index in [9.17, 15) is 9.59 Å². The Morgan fingerprint density at radius 3 is 2.52 bits per heavy atom. The van der Waals surface area contributed by atoms with Crippen molar-refractivity contribution in [3.05, 3.63) is 59.1 Å². The van der Waals surface area contributed by atoms with Gasteiger partial charge in [-0.1, -0.05) is 37.1 Å². The molecule has 0 aromatic heterocycles. The van der Waals surface area contributed by atoms with Crippen LogP contribution >= 0.6 is 23.4 Å². The van der Waals surface area contributed by atoms with Gasteiger partial charge in [-0.2, -0.15) is 0 Å². The Morgan fingerprint density at radius 2 is 1.84 bits per heavy atom.